The van der Waals surface area contributed by atoms with E-state index in [0.29, 0.717) is 37.5 Å². The molecule has 2 heterocycles. The zero-order chi connectivity index (χ0) is 28.9. The highest BCUT2D eigenvalue weighted by atomic mass is 16.5. The molecule has 6 rings (SSSR count). The number of fused-ring (bicyclic) bond motifs is 2. The Morgan fingerprint density at radius 1 is 0.952 bits per heavy atom. The summed E-state index contributed by atoms with van der Waals surface area (Å²) in [7, 11) is 4.02. The molecular formula is C34H38N6O2. The second-order valence-electron chi connectivity index (χ2n) is 11.4. The smallest absolute Gasteiger partial charge is 0.225 e. The monoisotopic (exact) mass is 562 g/mol. The molecule has 0 atom stereocenters. The molecule has 1 fully saturated rings. The van der Waals surface area contributed by atoms with Crippen molar-refractivity contribution in [2.45, 2.75) is 44.8 Å². The molecule has 0 spiro atoms. The van der Waals surface area contributed by atoms with Crippen molar-refractivity contribution in [2.75, 3.05) is 30.9 Å². The third-order valence-corrected chi connectivity index (χ3v) is 8.11. The minimum absolute atomic E-state index is 0.0486. The number of aromatic nitrogens is 3. The molecule has 1 amide bonds. The summed E-state index contributed by atoms with van der Waals surface area (Å²) in [5.41, 5.74) is 4.05. The Kier molecular flexibility index (Phi) is 8.21. The van der Waals surface area contributed by atoms with Gasteiger partial charge in [-0.2, -0.15) is 4.98 Å². The molecule has 2 aromatic heterocycles. The molecule has 0 radical (unpaired) electrons. The van der Waals surface area contributed by atoms with Gasteiger partial charge in [-0.25, -0.2) is 4.98 Å². The molecule has 8 heteroatoms. The molecule has 0 bridgehead atoms. The van der Waals surface area contributed by atoms with Crippen molar-refractivity contribution in [1.82, 2.24) is 20.3 Å². The lowest BCUT2D eigenvalue weighted by atomic mass is 9.86. The molecule has 8 nitrogen and oxygen atoms in total. The molecule has 0 aliphatic heterocycles. The van der Waals surface area contributed by atoms with Gasteiger partial charge in [0.15, 0.2) is 0 Å². The first-order valence-electron chi connectivity index (χ1n) is 14.8. The third kappa shape index (κ3) is 6.48. The van der Waals surface area contributed by atoms with Gasteiger partial charge >= 0.3 is 0 Å². The Morgan fingerprint density at radius 3 is 2.55 bits per heavy atom. The van der Waals surface area contributed by atoms with Crippen molar-refractivity contribution in [3.05, 3.63) is 90.1 Å². The van der Waals surface area contributed by atoms with Crippen molar-refractivity contribution in [3.8, 4) is 5.75 Å². The Balaban J connectivity index is 0.988. The average Bonchev–Trinajstić information content (AvgIpc) is 3.41. The normalized spacial score (nSPS) is 16.8. The van der Waals surface area contributed by atoms with Crippen LogP contribution in [0.5, 0.6) is 5.75 Å². The molecule has 0 unspecified atom stereocenters. The Labute approximate surface area is 246 Å². The molecule has 1 saturated carbocycles. The molecule has 42 heavy (non-hydrogen) atoms. The largest absolute Gasteiger partial charge is 0.489 e. The van der Waals surface area contributed by atoms with Gasteiger partial charge in [0.05, 0.1) is 11.9 Å². The number of para-hydroxylation sites is 1. The second kappa shape index (κ2) is 12.5. The maximum Gasteiger partial charge on any atom is 0.225 e. The Hall–Kier alpha value is -4.59. The molecular weight excluding hydrogens is 524 g/mol. The van der Waals surface area contributed by atoms with E-state index >= 15 is 0 Å². The summed E-state index contributed by atoms with van der Waals surface area (Å²) in [4.78, 5) is 27.8. The highest BCUT2D eigenvalue weighted by Gasteiger charge is 2.23. The number of hydrogen-bond donors (Lipinski definition) is 3. The SMILES string of the molecule is CN(C)c1nc(NC2CCC(CNC(=O)Cc3c[nH]c4ccc(OCc5ccccc5)cc34)CC2)nc2ccccc12. The number of amides is 1. The first-order chi connectivity index (χ1) is 20.5. The van der Waals surface area contributed by atoms with Crippen LogP contribution in [0.4, 0.5) is 11.8 Å². The summed E-state index contributed by atoms with van der Waals surface area (Å²) in [5.74, 6) is 2.92. The molecule has 1 aliphatic carbocycles. The number of benzene rings is 3. The predicted molar refractivity (Wildman–Crippen MR) is 169 cm³/mol. The average molecular weight is 563 g/mol. The molecule has 3 aromatic carbocycles. The number of aromatic amines is 1. The highest BCUT2D eigenvalue weighted by molar-refractivity contribution is 5.91. The van der Waals surface area contributed by atoms with E-state index in [0.717, 1.165) is 70.2 Å². The number of hydrogen-bond acceptors (Lipinski definition) is 6. The fourth-order valence-corrected chi connectivity index (χ4v) is 5.79. The van der Waals surface area contributed by atoms with Gasteiger partial charge in [-0.05, 0) is 73.1 Å². The highest BCUT2D eigenvalue weighted by Crippen LogP contribution is 2.29. The van der Waals surface area contributed by atoms with E-state index in [1.165, 1.54) is 0 Å². The summed E-state index contributed by atoms with van der Waals surface area (Å²) in [6.45, 7) is 1.22. The second-order valence-corrected chi connectivity index (χ2v) is 11.4. The zero-order valence-electron chi connectivity index (χ0n) is 24.3. The summed E-state index contributed by atoms with van der Waals surface area (Å²) in [6, 6.07) is 24.6. The standard InChI is InChI=1S/C34H38N6O2/c1-40(2)33-28-10-6-7-11-31(28)38-34(39-33)37-26-14-12-23(13-15-26)20-36-32(41)18-25-21-35-30-17-16-27(19-29(25)30)42-22-24-8-4-3-5-9-24/h3-11,16-17,19,21,23,26,35H,12-15,18,20,22H2,1-2H3,(H,36,41)(H,37,38,39). The van der Waals surface area contributed by atoms with Crippen molar-refractivity contribution < 1.29 is 9.53 Å². The van der Waals surface area contributed by atoms with Crippen LogP contribution < -0.4 is 20.3 Å². The van der Waals surface area contributed by atoms with E-state index in [-0.39, 0.29) is 5.91 Å². The fourth-order valence-electron chi connectivity index (χ4n) is 5.79. The van der Waals surface area contributed by atoms with Crippen molar-refractivity contribution >= 4 is 39.5 Å². The van der Waals surface area contributed by atoms with Gasteiger partial charge in [0.1, 0.15) is 18.2 Å². The molecule has 0 saturated heterocycles. The number of carbonyl (C=O) groups is 1. The summed E-state index contributed by atoms with van der Waals surface area (Å²) in [5, 5.41) is 8.84. The van der Waals surface area contributed by atoms with Crippen molar-refractivity contribution in [2.24, 2.45) is 5.92 Å². The predicted octanol–water partition coefficient (Wildman–Crippen LogP) is 6.09. The summed E-state index contributed by atoms with van der Waals surface area (Å²) >= 11 is 0. The van der Waals surface area contributed by atoms with E-state index in [4.69, 9.17) is 14.7 Å². The maximum atomic E-state index is 12.9. The lowest BCUT2D eigenvalue weighted by Crippen LogP contribution is -2.34. The quantitative estimate of drug-likeness (QED) is 0.191. The number of ether oxygens (including phenoxy) is 1. The third-order valence-electron chi connectivity index (χ3n) is 8.11. The first kappa shape index (κ1) is 27.6. The number of anilines is 2. The molecule has 1 aliphatic rings. The van der Waals surface area contributed by atoms with Crippen molar-refractivity contribution in [1.29, 1.82) is 0 Å². The minimum atomic E-state index is 0.0486. The van der Waals surface area contributed by atoms with Crippen LogP contribution in [0.15, 0.2) is 79.0 Å². The maximum absolute atomic E-state index is 12.9. The van der Waals surface area contributed by atoms with E-state index in [9.17, 15) is 4.79 Å². The van der Waals surface area contributed by atoms with Gasteiger partial charge in [0.25, 0.3) is 0 Å². The lowest BCUT2D eigenvalue weighted by molar-refractivity contribution is -0.120. The first-order valence-corrected chi connectivity index (χ1v) is 14.8. The Bertz CT molecular complexity index is 1660. The molecule has 216 valence electrons. The topological polar surface area (TPSA) is 95.2 Å². The number of nitrogens with zero attached hydrogens (tertiary/aromatic N) is 3. The summed E-state index contributed by atoms with van der Waals surface area (Å²) < 4.78 is 6.01. The van der Waals surface area contributed by atoms with Gasteiger partial charge < -0.3 is 25.3 Å². The van der Waals surface area contributed by atoms with E-state index in [1.807, 2.05) is 91.9 Å². The van der Waals surface area contributed by atoms with E-state index < -0.39 is 0 Å². The summed E-state index contributed by atoms with van der Waals surface area (Å²) in [6.07, 6.45) is 6.44. The van der Waals surface area contributed by atoms with Crippen molar-refractivity contribution in [3.63, 3.8) is 0 Å². The van der Waals surface area contributed by atoms with Crippen LogP contribution in [-0.2, 0) is 17.8 Å². The van der Waals surface area contributed by atoms with Crippen LogP contribution in [0.25, 0.3) is 21.8 Å². The molecule has 5 aromatic rings. The van der Waals surface area contributed by atoms with E-state index in [2.05, 4.69) is 21.7 Å². The van der Waals surface area contributed by atoms with Crippen LogP contribution in [0.3, 0.4) is 0 Å². The van der Waals surface area contributed by atoms with Gasteiger partial charge in [-0.3, -0.25) is 4.79 Å². The Morgan fingerprint density at radius 2 is 1.74 bits per heavy atom. The lowest BCUT2D eigenvalue weighted by Gasteiger charge is -2.29. The van der Waals surface area contributed by atoms with Crippen LogP contribution >= 0.6 is 0 Å². The number of rotatable bonds is 10. The fraction of sp³-hybridized carbons (Fsp3) is 0.324. The van der Waals surface area contributed by atoms with Crippen LogP contribution in [0.2, 0.25) is 0 Å². The van der Waals surface area contributed by atoms with Crippen LogP contribution in [-0.4, -0.2) is 47.5 Å². The van der Waals surface area contributed by atoms with Gasteiger partial charge in [0.2, 0.25) is 11.9 Å². The number of nitrogens with one attached hydrogen (secondary N) is 3. The number of carbonyl (C=O) groups excluding carboxylic acids is 1. The minimum Gasteiger partial charge on any atom is -0.489 e. The number of H-pyrrole nitrogens is 1. The van der Waals surface area contributed by atoms with Crippen LogP contribution in [0, 0.1) is 5.92 Å². The zero-order valence-corrected chi connectivity index (χ0v) is 24.3. The van der Waals surface area contributed by atoms with E-state index in [1.54, 1.807) is 0 Å². The van der Waals surface area contributed by atoms with Gasteiger partial charge in [-0.15, -0.1) is 0 Å². The van der Waals surface area contributed by atoms with Crippen LogP contribution in [0.1, 0.15) is 36.8 Å². The van der Waals surface area contributed by atoms with Gasteiger partial charge in [0, 0.05) is 49.2 Å². The van der Waals surface area contributed by atoms with Gasteiger partial charge in [-0.1, -0.05) is 42.5 Å². The molecule has 3 N–H and O–H groups in total.